The highest BCUT2D eigenvalue weighted by Gasteiger charge is 2.29. The molecule has 0 unspecified atom stereocenters. The lowest BCUT2D eigenvalue weighted by Gasteiger charge is -2.15. The molecule has 0 atom stereocenters. The predicted molar refractivity (Wildman–Crippen MR) is 110 cm³/mol. The zero-order valence-electron chi connectivity index (χ0n) is 15.9. The summed E-state index contributed by atoms with van der Waals surface area (Å²) in [7, 11) is -3.74. The molecule has 0 aromatic heterocycles. The zero-order chi connectivity index (χ0) is 20.9. The maximum absolute atomic E-state index is 12.7. The fourth-order valence-electron chi connectivity index (χ4n) is 3.04. The van der Waals surface area contributed by atoms with Gasteiger partial charge in [-0.2, -0.15) is 9.41 Å². The summed E-state index contributed by atoms with van der Waals surface area (Å²) in [5.74, 6) is 0.641. The molecule has 1 aliphatic heterocycles. The van der Waals surface area contributed by atoms with E-state index in [-0.39, 0.29) is 16.3 Å². The Balaban J connectivity index is 1.84. The highest BCUT2D eigenvalue weighted by molar-refractivity contribution is 7.89. The molecule has 1 aliphatic rings. The number of nitro groups is 1. The van der Waals surface area contributed by atoms with E-state index in [9.17, 15) is 18.5 Å². The van der Waals surface area contributed by atoms with Crippen molar-refractivity contribution in [3.63, 3.8) is 0 Å². The van der Waals surface area contributed by atoms with Crippen molar-refractivity contribution in [2.45, 2.75) is 24.7 Å². The summed E-state index contributed by atoms with van der Waals surface area (Å²) in [4.78, 5) is 10.8. The molecule has 1 saturated heterocycles. The van der Waals surface area contributed by atoms with Crippen LogP contribution in [0.4, 0.5) is 11.4 Å². The first kappa shape index (κ1) is 20.7. The number of benzene rings is 2. The Morgan fingerprint density at radius 1 is 1.24 bits per heavy atom. The van der Waals surface area contributed by atoms with Crippen molar-refractivity contribution >= 4 is 27.6 Å². The number of rotatable bonds is 8. The van der Waals surface area contributed by atoms with Gasteiger partial charge in [0.05, 0.1) is 22.6 Å². The van der Waals surface area contributed by atoms with Crippen LogP contribution in [0.25, 0.3) is 0 Å². The van der Waals surface area contributed by atoms with Gasteiger partial charge in [0, 0.05) is 24.7 Å². The Hall–Kier alpha value is -2.98. The number of nitrogens with zero attached hydrogens (tertiary/aromatic N) is 3. The molecule has 2 aromatic rings. The molecule has 9 nitrogen and oxygen atoms in total. The first-order valence-corrected chi connectivity index (χ1v) is 10.7. The normalized spacial score (nSPS) is 14.9. The van der Waals surface area contributed by atoms with Crippen LogP contribution in [-0.4, -0.2) is 43.6 Å². The molecule has 154 valence electrons. The third kappa shape index (κ3) is 4.72. The highest BCUT2D eigenvalue weighted by atomic mass is 32.2. The van der Waals surface area contributed by atoms with Crippen LogP contribution in [-0.2, 0) is 10.0 Å². The van der Waals surface area contributed by atoms with E-state index < -0.39 is 14.9 Å². The van der Waals surface area contributed by atoms with Gasteiger partial charge in [0.2, 0.25) is 10.0 Å². The van der Waals surface area contributed by atoms with E-state index in [0.717, 1.165) is 18.9 Å². The Morgan fingerprint density at radius 2 is 1.97 bits per heavy atom. The molecule has 0 aliphatic carbocycles. The standard InChI is InChI=1S/C19H22N4O5S/c1-2-28-19-8-4-3-7-15(19)14-20-21-17-10-9-16(13-18(17)23(24)25)29(26,27)22-11-5-6-12-22/h3-4,7-10,13-14,21H,2,5-6,11-12H2,1H3/b20-14-. The smallest absolute Gasteiger partial charge is 0.295 e. The van der Waals surface area contributed by atoms with Crippen LogP contribution in [0.2, 0.25) is 0 Å². The highest BCUT2D eigenvalue weighted by Crippen LogP contribution is 2.30. The molecule has 1 heterocycles. The van der Waals surface area contributed by atoms with Crippen molar-refractivity contribution in [3.8, 4) is 5.75 Å². The van der Waals surface area contributed by atoms with Gasteiger partial charge in [-0.15, -0.1) is 0 Å². The number of hydrogen-bond acceptors (Lipinski definition) is 7. The maximum Gasteiger partial charge on any atom is 0.295 e. The number of ether oxygens (including phenoxy) is 1. The van der Waals surface area contributed by atoms with Crippen LogP contribution >= 0.6 is 0 Å². The van der Waals surface area contributed by atoms with Crippen molar-refractivity contribution < 1.29 is 18.1 Å². The topological polar surface area (TPSA) is 114 Å². The summed E-state index contributed by atoms with van der Waals surface area (Å²) in [5, 5.41) is 15.5. The van der Waals surface area contributed by atoms with E-state index in [1.165, 1.54) is 22.7 Å². The molecular weight excluding hydrogens is 396 g/mol. The molecule has 3 rings (SSSR count). The lowest BCUT2D eigenvalue weighted by molar-refractivity contribution is -0.384. The first-order valence-electron chi connectivity index (χ1n) is 9.23. The Morgan fingerprint density at radius 3 is 2.66 bits per heavy atom. The Bertz CT molecular complexity index is 1020. The molecule has 0 bridgehead atoms. The molecule has 0 saturated carbocycles. The van der Waals surface area contributed by atoms with Crippen LogP contribution in [0, 0.1) is 10.1 Å². The monoisotopic (exact) mass is 418 g/mol. The minimum absolute atomic E-state index is 0.0951. The number of hydrogen-bond donors (Lipinski definition) is 1. The van der Waals surface area contributed by atoms with Gasteiger partial charge in [-0.05, 0) is 44.0 Å². The fraction of sp³-hybridized carbons (Fsp3) is 0.316. The molecule has 1 fully saturated rings. The second-order valence-electron chi connectivity index (χ2n) is 6.39. The lowest BCUT2D eigenvalue weighted by atomic mass is 10.2. The quantitative estimate of drug-likeness (QED) is 0.400. The van der Waals surface area contributed by atoms with Gasteiger partial charge < -0.3 is 4.74 Å². The number of nitrogens with one attached hydrogen (secondary N) is 1. The van der Waals surface area contributed by atoms with Crippen molar-refractivity contribution in [1.82, 2.24) is 4.31 Å². The summed E-state index contributed by atoms with van der Waals surface area (Å²) in [6.45, 7) is 3.23. The zero-order valence-corrected chi connectivity index (χ0v) is 16.8. The molecular formula is C19H22N4O5S. The number of hydrazone groups is 1. The van der Waals surface area contributed by atoms with Gasteiger partial charge in [0.1, 0.15) is 11.4 Å². The molecule has 0 radical (unpaired) electrons. The number of sulfonamides is 1. The summed E-state index contributed by atoms with van der Waals surface area (Å²) in [5.41, 5.74) is 3.07. The third-order valence-electron chi connectivity index (χ3n) is 4.48. The van der Waals surface area contributed by atoms with Crippen LogP contribution in [0.1, 0.15) is 25.3 Å². The van der Waals surface area contributed by atoms with Crippen LogP contribution < -0.4 is 10.2 Å². The van der Waals surface area contributed by atoms with E-state index in [1.54, 1.807) is 12.1 Å². The number of anilines is 1. The van der Waals surface area contributed by atoms with E-state index in [0.29, 0.717) is 31.0 Å². The van der Waals surface area contributed by atoms with Crippen molar-refractivity contribution in [2.24, 2.45) is 5.10 Å². The summed E-state index contributed by atoms with van der Waals surface area (Å²) in [6, 6.07) is 11.0. The summed E-state index contributed by atoms with van der Waals surface area (Å²) in [6.07, 6.45) is 3.07. The van der Waals surface area contributed by atoms with Crippen molar-refractivity contribution in [2.75, 3.05) is 25.1 Å². The minimum atomic E-state index is -3.74. The summed E-state index contributed by atoms with van der Waals surface area (Å²) >= 11 is 0. The SMILES string of the molecule is CCOc1ccccc1/C=N\Nc1ccc(S(=O)(=O)N2CCCC2)cc1[N+](=O)[O-]. The van der Waals surface area contributed by atoms with Crippen molar-refractivity contribution in [3.05, 3.63) is 58.1 Å². The van der Waals surface area contributed by atoms with E-state index in [2.05, 4.69) is 10.5 Å². The van der Waals surface area contributed by atoms with Gasteiger partial charge in [-0.3, -0.25) is 15.5 Å². The maximum atomic E-state index is 12.7. The van der Waals surface area contributed by atoms with Crippen LogP contribution in [0.3, 0.4) is 0 Å². The predicted octanol–water partition coefficient (Wildman–Crippen LogP) is 3.22. The van der Waals surface area contributed by atoms with E-state index in [4.69, 9.17) is 4.74 Å². The van der Waals surface area contributed by atoms with Gasteiger partial charge in [0.25, 0.3) is 5.69 Å². The molecule has 0 spiro atoms. The molecule has 0 amide bonds. The lowest BCUT2D eigenvalue weighted by Crippen LogP contribution is -2.27. The van der Waals surface area contributed by atoms with Crippen LogP contribution in [0.15, 0.2) is 52.5 Å². The number of nitro benzene ring substituents is 1. The van der Waals surface area contributed by atoms with Crippen molar-refractivity contribution in [1.29, 1.82) is 0 Å². The Kier molecular flexibility index (Phi) is 6.45. The molecule has 1 N–H and O–H groups in total. The molecule has 29 heavy (non-hydrogen) atoms. The van der Waals surface area contributed by atoms with Gasteiger partial charge >= 0.3 is 0 Å². The minimum Gasteiger partial charge on any atom is -0.493 e. The second kappa shape index (κ2) is 9.01. The first-order chi connectivity index (χ1) is 13.9. The van der Waals surface area contributed by atoms with Crippen LogP contribution in [0.5, 0.6) is 5.75 Å². The second-order valence-corrected chi connectivity index (χ2v) is 8.33. The third-order valence-corrected chi connectivity index (χ3v) is 6.37. The average molecular weight is 418 g/mol. The summed E-state index contributed by atoms with van der Waals surface area (Å²) < 4.78 is 32.2. The molecule has 2 aromatic carbocycles. The van der Waals surface area contributed by atoms with Gasteiger partial charge in [-0.25, -0.2) is 8.42 Å². The molecule has 10 heteroatoms. The van der Waals surface area contributed by atoms with E-state index in [1.807, 2.05) is 19.1 Å². The number of para-hydroxylation sites is 1. The largest absolute Gasteiger partial charge is 0.493 e. The van der Waals surface area contributed by atoms with Gasteiger partial charge in [0.15, 0.2) is 0 Å². The van der Waals surface area contributed by atoms with E-state index >= 15 is 0 Å². The van der Waals surface area contributed by atoms with Gasteiger partial charge in [-0.1, -0.05) is 12.1 Å². The average Bonchev–Trinajstić information content (AvgIpc) is 3.25. The Labute approximate surface area is 169 Å². The fourth-order valence-corrected chi connectivity index (χ4v) is 4.58.